The van der Waals surface area contributed by atoms with Gasteiger partial charge in [-0.2, -0.15) is 4.31 Å². The highest BCUT2D eigenvalue weighted by molar-refractivity contribution is 7.89. The van der Waals surface area contributed by atoms with Gasteiger partial charge < -0.3 is 10.4 Å². The number of hydrogen-bond donors (Lipinski definition) is 2. The van der Waals surface area contributed by atoms with E-state index in [-0.39, 0.29) is 12.6 Å². The maximum Gasteiger partial charge on any atom is 0.320 e. The minimum absolute atomic E-state index is 0.156. The lowest BCUT2D eigenvalue weighted by Gasteiger charge is -2.15. The van der Waals surface area contributed by atoms with Crippen LogP contribution in [0.5, 0.6) is 0 Å². The minimum atomic E-state index is -3.90. The van der Waals surface area contributed by atoms with E-state index < -0.39 is 27.7 Å². The monoisotopic (exact) mass is 250 g/mol. The summed E-state index contributed by atoms with van der Waals surface area (Å²) in [6.07, 6.45) is 1.83. The largest absolute Gasteiger partial charge is 0.480 e. The van der Waals surface area contributed by atoms with E-state index in [1.165, 1.54) is 7.05 Å². The summed E-state index contributed by atoms with van der Waals surface area (Å²) in [5.41, 5.74) is 0. The average Bonchev–Trinajstić information content (AvgIpc) is 2.85. The lowest BCUT2D eigenvalue weighted by Crippen LogP contribution is -2.41. The molecule has 0 aromatic rings. The van der Waals surface area contributed by atoms with Gasteiger partial charge in [0.2, 0.25) is 15.9 Å². The van der Waals surface area contributed by atoms with Gasteiger partial charge in [-0.1, -0.05) is 0 Å². The quantitative estimate of drug-likeness (QED) is 0.604. The molecule has 0 unspecified atom stereocenters. The fourth-order valence-electron chi connectivity index (χ4n) is 1.07. The fraction of sp³-hybridized carbons (Fsp3) is 0.750. The van der Waals surface area contributed by atoms with Crippen LogP contribution in [-0.4, -0.2) is 55.1 Å². The van der Waals surface area contributed by atoms with Crippen molar-refractivity contribution in [1.29, 1.82) is 0 Å². The van der Waals surface area contributed by atoms with Gasteiger partial charge in [-0.25, -0.2) is 8.42 Å². The van der Waals surface area contributed by atoms with Gasteiger partial charge >= 0.3 is 5.97 Å². The van der Waals surface area contributed by atoms with Crippen LogP contribution in [0.1, 0.15) is 12.8 Å². The molecule has 1 aliphatic carbocycles. The first-order valence-corrected chi connectivity index (χ1v) is 6.37. The standard InChI is InChI=1S/C8H14N2O5S/c1-10(16(14,15)5-8(12)13)4-7(11)9-6-2-3-6/h6H,2-5H2,1H3,(H,9,11)(H,12,13). The number of rotatable bonds is 6. The van der Waals surface area contributed by atoms with Crippen molar-refractivity contribution in [3.63, 3.8) is 0 Å². The highest BCUT2D eigenvalue weighted by Crippen LogP contribution is 2.18. The summed E-state index contributed by atoms with van der Waals surface area (Å²) in [7, 11) is -2.71. The smallest absolute Gasteiger partial charge is 0.320 e. The molecule has 0 aliphatic heterocycles. The highest BCUT2D eigenvalue weighted by Gasteiger charge is 2.27. The van der Waals surface area contributed by atoms with Crippen molar-refractivity contribution in [1.82, 2.24) is 9.62 Å². The topological polar surface area (TPSA) is 104 Å². The van der Waals surface area contributed by atoms with E-state index in [1.807, 2.05) is 0 Å². The summed E-state index contributed by atoms with van der Waals surface area (Å²) in [6.45, 7) is -0.341. The van der Waals surface area contributed by atoms with Crippen LogP contribution in [0.15, 0.2) is 0 Å². The molecule has 0 heterocycles. The number of carboxylic acid groups (broad SMARTS) is 1. The first-order valence-electron chi connectivity index (χ1n) is 4.76. The summed E-state index contributed by atoms with van der Waals surface area (Å²) in [6, 6.07) is 0.156. The second-order valence-corrected chi connectivity index (χ2v) is 5.82. The molecule has 0 aromatic carbocycles. The number of carboxylic acids is 1. The van der Waals surface area contributed by atoms with Crippen LogP contribution in [0.4, 0.5) is 0 Å². The molecule has 8 heteroatoms. The van der Waals surface area contributed by atoms with E-state index in [2.05, 4.69) is 5.32 Å². The van der Waals surface area contributed by atoms with Crippen molar-refractivity contribution in [3.05, 3.63) is 0 Å². The minimum Gasteiger partial charge on any atom is -0.480 e. The van der Waals surface area contributed by atoms with Gasteiger partial charge in [0.1, 0.15) is 0 Å². The van der Waals surface area contributed by atoms with Crippen LogP contribution in [0.25, 0.3) is 0 Å². The summed E-state index contributed by atoms with van der Waals surface area (Å²) < 4.78 is 23.4. The summed E-state index contributed by atoms with van der Waals surface area (Å²) in [5, 5.41) is 11.0. The average molecular weight is 250 g/mol. The van der Waals surface area contributed by atoms with Crippen LogP contribution < -0.4 is 5.32 Å². The number of sulfonamides is 1. The van der Waals surface area contributed by atoms with Gasteiger partial charge in [0.25, 0.3) is 0 Å². The third-order valence-electron chi connectivity index (χ3n) is 2.09. The molecule has 1 amide bonds. The zero-order valence-electron chi connectivity index (χ0n) is 8.84. The van der Waals surface area contributed by atoms with Crippen LogP contribution >= 0.6 is 0 Å². The molecule has 1 aliphatic rings. The second-order valence-electron chi connectivity index (χ2n) is 3.75. The number of carbonyl (C=O) groups excluding carboxylic acids is 1. The number of carbonyl (C=O) groups is 2. The van der Waals surface area contributed by atoms with Gasteiger partial charge in [-0.15, -0.1) is 0 Å². The van der Waals surface area contributed by atoms with Crippen molar-refractivity contribution < 1.29 is 23.1 Å². The predicted octanol–water partition coefficient (Wildman–Crippen LogP) is -1.39. The second kappa shape index (κ2) is 4.79. The first kappa shape index (κ1) is 12.9. The van der Waals surface area contributed by atoms with Crippen molar-refractivity contribution in [2.24, 2.45) is 0 Å². The SMILES string of the molecule is CN(CC(=O)NC1CC1)S(=O)(=O)CC(=O)O. The Balaban J connectivity index is 2.45. The van der Waals surface area contributed by atoms with E-state index >= 15 is 0 Å². The molecule has 1 saturated carbocycles. The van der Waals surface area contributed by atoms with Gasteiger partial charge in [0.15, 0.2) is 5.75 Å². The third kappa shape index (κ3) is 4.15. The molecule has 0 aromatic heterocycles. The lowest BCUT2D eigenvalue weighted by molar-refractivity contribution is -0.134. The maximum atomic E-state index is 11.3. The maximum absolute atomic E-state index is 11.3. The number of nitrogens with zero attached hydrogens (tertiary/aromatic N) is 1. The number of hydrogen-bond acceptors (Lipinski definition) is 4. The Morgan fingerprint density at radius 2 is 2.00 bits per heavy atom. The van der Waals surface area contributed by atoms with Crippen molar-refractivity contribution in [2.75, 3.05) is 19.3 Å². The lowest BCUT2D eigenvalue weighted by atomic mass is 10.5. The molecule has 2 N–H and O–H groups in total. The molecule has 0 radical (unpaired) electrons. The molecule has 16 heavy (non-hydrogen) atoms. The van der Waals surface area contributed by atoms with Crippen LogP contribution in [-0.2, 0) is 19.6 Å². The summed E-state index contributed by atoms with van der Waals surface area (Å²) in [4.78, 5) is 21.6. The van der Waals surface area contributed by atoms with E-state index in [9.17, 15) is 18.0 Å². The number of amides is 1. The van der Waals surface area contributed by atoms with E-state index in [4.69, 9.17) is 5.11 Å². The van der Waals surface area contributed by atoms with Crippen LogP contribution in [0.3, 0.4) is 0 Å². The van der Waals surface area contributed by atoms with Gasteiger partial charge in [0.05, 0.1) is 6.54 Å². The Morgan fingerprint density at radius 1 is 1.44 bits per heavy atom. The molecule has 0 bridgehead atoms. The van der Waals surface area contributed by atoms with Crippen molar-refractivity contribution in [2.45, 2.75) is 18.9 Å². The number of nitrogens with one attached hydrogen (secondary N) is 1. The normalized spacial score (nSPS) is 16.1. The molecule has 0 atom stereocenters. The zero-order chi connectivity index (χ0) is 12.3. The highest BCUT2D eigenvalue weighted by atomic mass is 32.2. The predicted molar refractivity (Wildman–Crippen MR) is 55.2 cm³/mol. The van der Waals surface area contributed by atoms with Crippen molar-refractivity contribution in [3.8, 4) is 0 Å². The summed E-state index contributed by atoms with van der Waals surface area (Å²) in [5.74, 6) is -2.84. The Morgan fingerprint density at radius 3 is 2.44 bits per heavy atom. The Labute approximate surface area is 93.5 Å². The summed E-state index contributed by atoms with van der Waals surface area (Å²) >= 11 is 0. The molecule has 92 valence electrons. The van der Waals surface area contributed by atoms with Crippen LogP contribution in [0.2, 0.25) is 0 Å². The fourth-order valence-corrected chi connectivity index (χ4v) is 1.91. The van der Waals surface area contributed by atoms with Gasteiger partial charge in [0, 0.05) is 13.1 Å². The van der Waals surface area contributed by atoms with Gasteiger partial charge in [-0.3, -0.25) is 9.59 Å². The zero-order valence-corrected chi connectivity index (χ0v) is 9.66. The van der Waals surface area contributed by atoms with Gasteiger partial charge in [-0.05, 0) is 12.8 Å². The van der Waals surface area contributed by atoms with E-state index in [1.54, 1.807) is 0 Å². The molecule has 1 fully saturated rings. The first-order chi connectivity index (χ1) is 7.31. The molecule has 7 nitrogen and oxygen atoms in total. The third-order valence-corrected chi connectivity index (χ3v) is 3.78. The number of likely N-dealkylation sites (N-methyl/N-ethyl adjacent to an activating group) is 1. The van der Waals surface area contributed by atoms with E-state index in [0.717, 1.165) is 17.1 Å². The molecular weight excluding hydrogens is 236 g/mol. The van der Waals surface area contributed by atoms with E-state index in [0.29, 0.717) is 0 Å². The molecular formula is C8H14N2O5S. The Kier molecular flexibility index (Phi) is 3.87. The Bertz CT molecular complexity index is 387. The molecule has 0 saturated heterocycles. The van der Waals surface area contributed by atoms with Crippen LogP contribution in [0, 0.1) is 0 Å². The molecule has 1 rings (SSSR count). The Hall–Kier alpha value is -1.15. The number of aliphatic carboxylic acids is 1. The van der Waals surface area contributed by atoms with Crippen molar-refractivity contribution >= 4 is 21.9 Å². The molecule has 0 spiro atoms.